The Morgan fingerprint density at radius 1 is 0.375 bits per heavy atom. The standard InChI is InChI=1S/C51H27F12N5O4/c1-22-4-7-26(16-23(22)2)46(48(52,53)54,49(55,56)57)27-8-11-30-33(19-27)44(71)67-38-17-24(5-14-36(38)64-40(30)67)25-6-15-37-39(18-25)68-41(65-37)31-12-9-28(20-34(31)45(68)72)47(50(58,59)60,51(61,62)63)29-10-13-32-35(21-29)43(70)66(3)42(32)69/h4-21H,1-3H3. The molecule has 0 N–H and O–H groups in total. The highest BCUT2D eigenvalue weighted by Gasteiger charge is 2.74. The number of fused-ring (bicyclic) bond motifs is 11. The van der Waals surface area contributed by atoms with Gasteiger partial charge < -0.3 is 0 Å². The number of carbonyl (C=O) groups excluding carboxylic acids is 4. The Bertz CT molecular complexity index is 3770. The Kier molecular flexibility index (Phi) is 9.33. The topological polar surface area (TPSA) is 107 Å². The van der Waals surface area contributed by atoms with E-state index in [0.717, 1.165) is 46.5 Å². The molecular formula is C51H27F12N5O4. The van der Waals surface area contributed by atoms with E-state index in [9.17, 15) is 19.2 Å². The third-order valence-corrected chi connectivity index (χ3v) is 14.1. The zero-order valence-corrected chi connectivity index (χ0v) is 36.8. The minimum absolute atomic E-state index is 0.0354. The molecule has 0 saturated carbocycles. The summed E-state index contributed by atoms with van der Waals surface area (Å²) in [5, 5.41) is 0. The first-order valence-corrected chi connectivity index (χ1v) is 21.4. The molecule has 11 rings (SSSR count). The molecule has 3 aliphatic rings. The molecule has 0 saturated heterocycles. The molecule has 0 spiro atoms. The van der Waals surface area contributed by atoms with Gasteiger partial charge in [0.05, 0.1) is 44.3 Å². The summed E-state index contributed by atoms with van der Waals surface area (Å²) in [7, 11) is 1.02. The quantitative estimate of drug-likeness (QED) is 0.126. The largest absolute Gasteiger partial charge is 0.411 e. The monoisotopic (exact) mass is 1000 g/mol. The number of imide groups is 1. The van der Waals surface area contributed by atoms with E-state index in [2.05, 4.69) is 9.97 Å². The van der Waals surface area contributed by atoms with Crippen LogP contribution in [-0.4, -0.2) is 79.4 Å². The molecule has 72 heavy (non-hydrogen) atoms. The summed E-state index contributed by atoms with van der Waals surface area (Å²) in [5.41, 5.74) is -14.9. The van der Waals surface area contributed by atoms with Crippen LogP contribution in [0, 0.1) is 13.8 Å². The maximum atomic E-state index is 15.3. The van der Waals surface area contributed by atoms with Gasteiger partial charge in [-0.15, -0.1) is 0 Å². The van der Waals surface area contributed by atoms with Gasteiger partial charge in [-0.05, 0) is 107 Å². The van der Waals surface area contributed by atoms with Gasteiger partial charge in [-0.1, -0.05) is 60.7 Å². The fraction of sp³-hybridized carbons (Fsp3) is 0.176. The number of nitrogens with zero attached hydrogens (tertiary/aromatic N) is 5. The molecule has 6 aromatic carbocycles. The second-order valence-electron chi connectivity index (χ2n) is 17.8. The molecule has 5 heterocycles. The van der Waals surface area contributed by atoms with Crippen LogP contribution >= 0.6 is 0 Å². The average molecular weight is 1000 g/mol. The van der Waals surface area contributed by atoms with E-state index in [1.165, 1.54) is 38.1 Å². The van der Waals surface area contributed by atoms with Crippen LogP contribution < -0.4 is 0 Å². The maximum absolute atomic E-state index is 15.3. The van der Waals surface area contributed by atoms with E-state index in [1.807, 2.05) is 0 Å². The molecule has 0 atom stereocenters. The number of halogens is 12. The van der Waals surface area contributed by atoms with Gasteiger partial charge >= 0.3 is 24.7 Å². The number of amides is 2. The molecule has 21 heteroatoms. The van der Waals surface area contributed by atoms with Gasteiger partial charge in [-0.2, -0.15) is 52.7 Å². The van der Waals surface area contributed by atoms with Crippen molar-refractivity contribution in [2.75, 3.05) is 7.05 Å². The molecule has 0 aliphatic carbocycles. The SMILES string of the molecule is Cc1ccc(C(c2ccc3c(c2)C(=O)n2c-3nc3ccc(-c4ccc5nc6n(c5c4)C(=O)c4cc(C(c5ccc7c(c5)C(=O)N(C)C7=O)(C(F)(F)F)C(F)(F)F)ccc4-6)cc32)(C(F)(F)F)C(F)(F)F)cc1C. The van der Waals surface area contributed by atoms with E-state index in [0.29, 0.717) is 64.1 Å². The molecular weight excluding hydrogens is 975 g/mol. The number of imidazole rings is 2. The summed E-state index contributed by atoms with van der Waals surface area (Å²) >= 11 is 0. The number of aromatic nitrogens is 4. The second-order valence-corrected chi connectivity index (χ2v) is 17.8. The lowest BCUT2D eigenvalue weighted by molar-refractivity contribution is -0.290. The van der Waals surface area contributed by atoms with Crippen molar-refractivity contribution in [2.45, 2.75) is 49.4 Å². The second kappa shape index (κ2) is 14.5. The number of rotatable bonds is 5. The summed E-state index contributed by atoms with van der Waals surface area (Å²) in [5.74, 6) is -4.24. The highest BCUT2D eigenvalue weighted by Crippen LogP contribution is 2.59. The van der Waals surface area contributed by atoms with Crippen molar-refractivity contribution in [3.05, 3.63) is 165 Å². The summed E-state index contributed by atoms with van der Waals surface area (Å²) in [6.07, 6.45) is -24.1. The number of benzene rings is 6. The molecule has 0 radical (unpaired) electrons. The van der Waals surface area contributed by atoms with Gasteiger partial charge in [0.25, 0.3) is 23.6 Å². The Labute approximate surface area is 395 Å². The molecule has 3 aliphatic heterocycles. The van der Waals surface area contributed by atoms with Crippen molar-refractivity contribution in [2.24, 2.45) is 0 Å². The lowest BCUT2D eigenvalue weighted by Gasteiger charge is -2.38. The van der Waals surface area contributed by atoms with E-state index in [-0.39, 0.29) is 50.4 Å². The highest BCUT2D eigenvalue weighted by atomic mass is 19.4. The summed E-state index contributed by atoms with van der Waals surface area (Å²) in [6.45, 7) is 2.91. The highest BCUT2D eigenvalue weighted by molar-refractivity contribution is 6.21. The van der Waals surface area contributed by atoms with Crippen molar-refractivity contribution in [3.8, 4) is 33.9 Å². The predicted octanol–water partition coefficient (Wildman–Crippen LogP) is 12.1. The molecule has 0 unspecified atom stereocenters. The van der Waals surface area contributed by atoms with Gasteiger partial charge in [0, 0.05) is 18.2 Å². The van der Waals surface area contributed by atoms with Gasteiger partial charge in [0.1, 0.15) is 11.6 Å². The zero-order chi connectivity index (χ0) is 51.7. The Morgan fingerprint density at radius 3 is 1.11 bits per heavy atom. The molecule has 2 amide bonds. The Hall–Kier alpha value is -8.10. The molecule has 0 bridgehead atoms. The fourth-order valence-corrected chi connectivity index (χ4v) is 10.4. The van der Waals surface area contributed by atoms with Crippen LogP contribution in [0.4, 0.5) is 52.7 Å². The van der Waals surface area contributed by atoms with Crippen molar-refractivity contribution in [1.82, 2.24) is 24.0 Å². The fourth-order valence-electron chi connectivity index (χ4n) is 10.4. The van der Waals surface area contributed by atoms with Crippen molar-refractivity contribution in [1.29, 1.82) is 0 Å². The molecule has 2 aromatic heterocycles. The van der Waals surface area contributed by atoms with Crippen molar-refractivity contribution < 1.29 is 71.9 Å². The van der Waals surface area contributed by atoms with E-state index < -0.39 is 104 Å². The average Bonchev–Trinajstić information content (AvgIpc) is 4.06. The minimum atomic E-state index is -6.12. The third kappa shape index (κ3) is 5.86. The molecule has 9 nitrogen and oxygen atoms in total. The Morgan fingerprint density at radius 2 is 0.722 bits per heavy atom. The number of alkyl halides is 12. The zero-order valence-electron chi connectivity index (χ0n) is 36.8. The van der Waals surface area contributed by atoms with Crippen LogP contribution in [0.25, 0.3) is 56.0 Å². The summed E-state index contributed by atoms with van der Waals surface area (Å²) in [4.78, 5) is 63.1. The van der Waals surface area contributed by atoms with Crippen LogP contribution in [0.2, 0.25) is 0 Å². The van der Waals surface area contributed by atoms with E-state index in [1.54, 1.807) is 12.1 Å². The lowest BCUT2D eigenvalue weighted by atomic mass is 9.71. The van der Waals surface area contributed by atoms with Crippen molar-refractivity contribution >= 4 is 45.7 Å². The van der Waals surface area contributed by atoms with Gasteiger partial charge in [-0.3, -0.25) is 33.2 Å². The van der Waals surface area contributed by atoms with Crippen LogP contribution in [0.3, 0.4) is 0 Å². The third-order valence-electron chi connectivity index (χ3n) is 14.1. The van der Waals surface area contributed by atoms with Gasteiger partial charge in [0.2, 0.25) is 10.8 Å². The number of hydrogen-bond donors (Lipinski definition) is 0. The smallest absolute Gasteiger partial charge is 0.277 e. The lowest BCUT2D eigenvalue weighted by Crippen LogP contribution is -2.55. The van der Waals surface area contributed by atoms with Crippen LogP contribution in [0.5, 0.6) is 0 Å². The maximum Gasteiger partial charge on any atom is 0.411 e. The normalized spacial score (nSPS) is 15.0. The predicted molar refractivity (Wildman–Crippen MR) is 233 cm³/mol. The number of hydrogen-bond acceptors (Lipinski definition) is 6. The summed E-state index contributed by atoms with van der Waals surface area (Å²) < 4.78 is 184. The van der Waals surface area contributed by atoms with E-state index >= 15 is 52.7 Å². The van der Waals surface area contributed by atoms with Crippen LogP contribution in [0.1, 0.15) is 74.8 Å². The van der Waals surface area contributed by atoms with Crippen LogP contribution in [-0.2, 0) is 10.8 Å². The van der Waals surface area contributed by atoms with Gasteiger partial charge in [0.15, 0.2) is 0 Å². The number of aryl methyl sites for hydroxylation is 2. The van der Waals surface area contributed by atoms with E-state index in [4.69, 9.17) is 0 Å². The van der Waals surface area contributed by atoms with Gasteiger partial charge in [-0.25, -0.2) is 9.97 Å². The van der Waals surface area contributed by atoms with Crippen molar-refractivity contribution in [3.63, 3.8) is 0 Å². The first-order chi connectivity index (χ1) is 33.6. The summed E-state index contributed by atoms with van der Waals surface area (Å²) in [6, 6.07) is 17.4. The molecule has 0 fully saturated rings. The number of carbonyl (C=O) groups is 4. The molecule has 8 aromatic rings. The first kappa shape index (κ1) is 46.3. The minimum Gasteiger partial charge on any atom is -0.277 e. The molecule has 364 valence electrons. The Balaban J connectivity index is 0.975. The van der Waals surface area contributed by atoms with Crippen LogP contribution in [0.15, 0.2) is 109 Å². The first-order valence-electron chi connectivity index (χ1n) is 21.4.